The largest absolute Gasteiger partial charge is 0.392 e. The van der Waals surface area contributed by atoms with E-state index in [0.29, 0.717) is 21.5 Å². The van der Waals surface area contributed by atoms with Crippen LogP contribution >= 0.6 is 39.7 Å². The maximum atomic E-state index is 12.4. The van der Waals surface area contributed by atoms with Crippen molar-refractivity contribution in [1.82, 2.24) is 5.32 Å². The molecule has 1 fully saturated rings. The molecule has 3 N–H and O–H groups in total. The highest BCUT2D eigenvalue weighted by atomic mass is 79.9. The van der Waals surface area contributed by atoms with Gasteiger partial charge in [0.2, 0.25) is 0 Å². The quantitative estimate of drug-likeness (QED) is 0.763. The van der Waals surface area contributed by atoms with Crippen LogP contribution in [0.1, 0.15) is 42.5 Å². The number of halogens is 2. The molecule has 0 heterocycles. The summed E-state index contributed by atoms with van der Waals surface area (Å²) in [6.45, 7) is 0. The third-order valence-electron chi connectivity index (χ3n) is 3.90. The van der Waals surface area contributed by atoms with E-state index in [0.717, 1.165) is 17.3 Å². The van der Waals surface area contributed by atoms with Crippen LogP contribution < -0.4 is 11.1 Å². The zero-order valence-electron chi connectivity index (χ0n) is 11.6. The van der Waals surface area contributed by atoms with Crippen molar-refractivity contribution in [3.8, 4) is 0 Å². The third-order valence-corrected chi connectivity index (χ3v) is 5.38. The molecule has 1 aliphatic rings. The zero-order valence-corrected chi connectivity index (χ0v) is 14.7. The number of rotatable bonds is 4. The molecule has 2 rings (SSSR count). The molecule has 0 aromatic heterocycles. The highest BCUT2D eigenvalue weighted by Gasteiger charge is 2.27. The highest BCUT2D eigenvalue weighted by molar-refractivity contribution is 9.10. The number of hydrogen-bond donors (Lipinski definition) is 2. The Morgan fingerprint density at radius 1 is 1.38 bits per heavy atom. The highest BCUT2D eigenvalue weighted by Crippen LogP contribution is 2.27. The first kappa shape index (κ1) is 16.7. The van der Waals surface area contributed by atoms with E-state index in [2.05, 4.69) is 21.2 Å². The van der Waals surface area contributed by atoms with Gasteiger partial charge in [-0.05, 0) is 52.9 Å². The Balaban J connectivity index is 2.10. The molecule has 0 aliphatic heterocycles. The number of carbonyl (C=O) groups excluding carboxylic acids is 1. The van der Waals surface area contributed by atoms with Gasteiger partial charge in [-0.15, -0.1) is 0 Å². The lowest BCUT2D eigenvalue weighted by atomic mass is 9.83. The van der Waals surface area contributed by atoms with E-state index in [1.807, 2.05) is 0 Å². The average Bonchev–Trinajstić information content (AvgIpc) is 2.48. The minimum atomic E-state index is -0.241. The van der Waals surface area contributed by atoms with Crippen LogP contribution in [0.4, 0.5) is 0 Å². The Kier molecular flexibility index (Phi) is 6.02. The summed E-state index contributed by atoms with van der Waals surface area (Å²) in [5.41, 5.74) is 6.35. The molecule has 114 valence electrons. The normalized spacial score (nSPS) is 17.2. The summed E-state index contributed by atoms with van der Waals surface area (Å²) in [5, 5.41) is 3.48. The van der Waals surface area contributed by atoms with Gasteiger partial charge in [-0.2, -0.15) is 0 Å². The molecule has 1 amide bonds. The monoisotopic (exact) mass is 388 g/mol. The first-order valence-corrected chi connectivity index (χ1v) is 8.62. The molecule has 0 saturated heterocycles. The maximum Gasteiger partial charge on any atom is 0.251 e. The Morgan fingerprint density at radius 3 is 2.62 bits per heavy atom. The molecule has 3 nitrogen and oxygen atoms in total. The van der Waals surface area contributed by atoms with Gasteiger partial charge in [-0.25, -0.2) is 0 Å². The fourth-order valence-electron chi connectivity index (χ4n) is 2.75. The standard InChI is InChI=1S/C15H18BrClN2OS/c16-11-7-6-10(8-12(11)17)15(20)19-13(14(18)21)9-4-2-1-3-5-9/h6-9,13H,1-5H2,(H2,18,21)(H,19,20). The molecular weight excluding hydrogens is 372 g/mol. The van der Waals surface area contributed by atoms with Gasteiger partial charge in [0, 0.05) is 10.0 Å². The molecule has 0 radical (unpaired) electrons. The molecule has 1 saturated carbocycles. The molecular formula is C15H18BrClN2OS. The van der Waals surface area contributed by atoms with Crippen LogP contribution in [0.3, 0.4) is 0 Å². The molecule has 1 aliphatic carbocycles. The number of hydrogen-bond acceptors (Lipinski definition) is 2. The third kappa shape index (κ3) is 4.41. The van der Waals surface area contributed by atoms with Gasteiger partial charge in [0.1, 0.15) is 0 Å². The topological polar surface area (TPSA) is 55.1 Å². The summed E-state index contributed by atoms with van der Waals surface area (Å²) in [7, 11) is 0. The van der Waals surface area contributed by atoms with E-state index in [1.165, 1.54) is 19.3 Å². The summed E-state index contributed by atoms with van der Waals surface area (Å²) in [6, 6.07) is 4.88. The molecule has 0 spiro atoms. The van der Waals surface area contributed by atoms with Crippen molar-refractivity contribution in [3.05, 3.63) is 33.3 Å². The van der Waals surface area contributed by atoms with E-state index < -0.39 is 0 Å². The van der Waals surface area contributed by atoms with E-state index >= 15 is 0 Å². The van der Waals surface area contributed by atoms with Crippen LogP contribution in [0.25, 0.3) is 0 Å². The van der Waals surface area contributed by atoms with Gasteiger partial charge in [0.05, 0.1) is 16.1 Å². The average molecular weight is 390 g/mol. The number of amides is 1. The number of benzene rings is 1. The number of nitrogens with one attached hydrogen (secondary N) is 1. The molecule has 1 aromatic rings. The summed E-state index contributed by atoms with van der Waals surface area (Å²) in [6.07, 6.45) is 5.71. The van der Waals surface area contributed by atoms with Crippen molar-refractivity contribution in [3.63, 3.8) is 0 Å². The maximum absolute atomic E-state index is 12.4. The summed E-state index contributed by atoms with van der Waals surface area (Å²) in [5.74, 6) is 0.152. The smallest absolute Gasteiger partial charge is 0.251 e. The molecule has 1 atom stereocenters. The van der Waals surface area contributed by atoms with Crippen LogP contribution in [0.15, 0.2) is 22.7 Å². The first-order chi connectivity index (χ1) is 9.99. The van der Waals surface area contributed by atoms with Gasteiger partial charge >= 0.3 is 0 Å². The van der Waals surface area contributed by atoms with Crippen molar-refractivity contribution < 1.29 is 4.79 Å². The predicted octanol–water partition coefficient (Wildman–Crippen LogP) is 4.07. The van der Waals surface area contributed by atoms with E-state index in [9.17, 15) is 4.79 Å². The zero-order chi connectivity index (χ0) is 15.4. The van der Waals surface area contributed by atoms with Crippen LogP contribution in [0.2, 0.25) is 5.02 Å². The van der Waals surface area contributed by atoms with Crippen LogP contribution in [0.5, 0.6) is 0 Å². The van der Waals surface area contributed by atoms with Crippen LogP contribution in [-0.4, -0.2) is 16.9 Å². The molecule has 21 heavy (non-hydrogen) atoms. The SMILES string of the molecule is NC(=S)C(NC(=O)c1ccc(Br)c(Cl)c1)C1CCCCC1. The number of carbonyl (C=O) groups is 1. The summed E-state index contributed by atoms with van der Waals surface area (Å²) >= 11 is 14.5. The second kappa shape index (κ2) is 7.56. The predicted molar refractivity (Wildman–Crippen MR) is 93.8 cm³/mol. The number of nitrogens with two attached hydrogens (primary N) is 1. The van der Waals surface area contributed by atoms with Crippen molar-refractivity contribution in [2.75, 3.05) is 0 Å². The summed E-state index contributed by atoms with van der Waals surface area (Å²) < 4.78 is 0.763. The lowest BCUT2D eigenvalue weighted by Gasteiger charge is -2.30. The Morgan fingerprint density at radius 2 is 2.05 bits per heavy atom. The van der Waals surface area contributed by atoms with Crippen molar-refractivity contribution >= 4 is 50.6 Å². The van der Waals surface area contributed by atoms with Gasteiger partial charge < -0.3 is 11.1 Å². The van der Waals surface area contributed by atoms with Gasteiger partial charge in [0.25, 0.3) is 5.91 Å². The fraction of sp³-hybridized carbons (Fsp3) is 0.467. The van der Waals surface area contributed by atoms with Gasteiger partial charge in [0.15, 0.2) is 0 Å². The second-order valence-corrected chi connectivity index (χ2v) is 7.11. The second-order valence-electron chi connectivity index (χ2n) is 5.38. The van der Waals surface area contributed by atoms with E-state index in [4.69, 9.17) is 29.6 Å². The molecule has 6 heteroatoms. The molecule has 1 aromatic carbocycles. The van der Waals surface area contributed by atoms with Gasteiger partial charge in [-0.1, -0.05) is 43.1 Å². The molecule has 1 unspecified atom stereocenters. The van der Waals surface area contributed by atoms with Crippen LogP contribution in [-0.2, 0) is 0 Å². The van der Waals surface area contributed by atoms with Crippen molar-refractivity contribution in [2.24, 2.45) is 11.7 Å². The minimum absolute atomic E-state index is 0.187. The number of thiocarbonyl (C=S) groups is 1. The van der Waals surface area contributed by atoms with Gasteiger partial charge in [-0.3, -0.25) is 4.79 Å². The minimum Gasteiger partial charge on any atom is -0.392 e. The lowest BCUT2D eigenvalue weighted by Crippen LogP contribution is -2.48. The van der Waals surface area contributed by atoms with Crippen LogP contribution in [0, 0.1) is 5.92 Å². The lowest BCUT2D eigenvalue weighted by molar-refractivity contribution is 0.0932. The summed E-state index contributed by atoms with van der Waals surface area (Å²) in [4.78, 5) is 12.7. The fourth-order valence-corrected chi connectivity index (χ4v) is 3.43. The van der Waals surface area contributed by atoms with E-state index in [1.54, 1.807) is 18.2 Å². The Bertz CT molecular complexity index is 546. The Hall–Kier alpha value is -0.650. The first-order valence-electron chi connectivity index (χ1n) is 7.04. The van der Waals surface area contributed by atoms with E-state index in [-0.39, 0.29) is 11.9 Å². The Labute approximate surface area is 143 Å². The molecule has 0 bridgehead atoms. The van der Waals surface area contributed by atoms with Crippen molar-refractivity contribution in [2.45, 2.75) is 38.1 Å². The van der Waals surface area contributed by atoms with Crippen molar-refractivity contribution in [1.29, 1.82) is 0 Å².